The van der Waals surface area contributed by atoms with E-state index in [2.05, 4.69) is 24.0 Å². The first-order valence-corrected chi connectivity index (χ1v) is 9.85. The third-order valence-electron chi connectivity index (χ3n) is 4.98. The Hall–Kier alpha value is 0.310. The van der Waals surface area contributed by atoms with Crippen LogP contribution in [0.3, 0.4) is 0 Å². The Morgan fingerprint density at radius 3 is 2.21 bits per heavy atom. The summed E-state index contributed by atoms with van der Waals surface area (Å²) in [6.07, 6.45) is 14.6. The maximum Gasteiger partial charge on any atom is 0.00723 e. The maximum atomic E-state index is 3.86. The normalized spacial score (nSPS) is 24.5. The van der Waals surface area contributed by atoms with Crippen molar-refractivity contribution in [2.24, 2.45) is 11.8 Å². The number of nitrogens with one attached hydrogen (secondary N) is 1. The molecule has 2 heteroatoms. The SMILES string of the molecule is CCCNC(CC1CCCCC1)CC1CCSCC1. The molecule has 0 amide bonds. The predicted molar refractivity (Wildman–Crippen MR) is 87.9 cm³/mol. The molecular weight excluding hydrogens is 250 g/mol. The standard InChI is InChI=1S/C17H33NS/c1-2-10-18-17(13-15-6-4-3-5-7-15)14-16-8-11-19-12-9-16/h15-18H,2-14H2,1H3. The molecule has 1 saturated heterocycles. The molecule has 1 aliphatic carbocycles. The Balaban J connectivity index is 1.75. The molecule has 1 heterocycles. The van der Waals surface area contributed by atoms with Crippen molar-refractivity contribution in [1.82, 2.24) is 5.32 Å². The number of thioether (sulfide) groups is 1. The van der Waals surface area contributed by atoms with Gasteiger partial charge in [0, 0.05) is 6.04 Å². The van der Waals surface area contributed by atoms with E-state index in [-0.39, 0.29) is 0 Å². The van der Waals surface area contributed by atoms with Gasteiger partial charge >= 0.3 is 0 Å². The fourth-order valence-electron chi connectivity index (χ4n) is 3.82. The highest BCUT2D eigenvalue weighted by Crippen LogP contribution is 2.31. The van der Waals surface area contributed by atoms with Gasteiger partial charge in [-0.1, -0.05) is 39.0 Å². The lowest BCUT2D eigenvalue weighted by atomic mass is 9.82. The highest BCUT2D eigenvalue weighted by Gasteiger charge is 2.22. The first-order valence-electron chi connectivity index (χ1n) is 8.69. The molecule has 19 heavy (non-hydrogen) atoms. The van der Waals surface area contributed by atoms with E-state index in [0.717, 1.165) is 17.9 Å². The molecule has 1 unspecified atom stereocenters. The van der Waals surface area contributed by atoms with Crippen LogP contribution in [0.2, 0.25) is 0 Å². The molecule has 0 radical (unpaired) electrons. The third-order valence-corrected chi connectivity index (χ3v) is 6.03. The van der Waals surface area contributed by atoms with E-state index >= 15 is 0 Å². The topological polar surface area (TPSA) is 12.0 Å². The number of hydrogen-bond donors (Lipinski definition) is 1. The van der Waals surface area contributed by atoms with Gasteiger partial charge in [0.05, 0.1) is 0 Å². The molecule has 0 bridgehead atoms. The fourth-order valence-corrected chi connectivity index (χ4v) is 5.03. The summed E-state index contributed by atoms with van der Waals surface area (Å²) in [5.74, 6) is 4.86. The van der Waals surface area contributed by atoms with Crippen LogP contribution < -0.4 is 5.32 Å². The van der Waals surface area contributed by atoms with Crippen LogP contribution in [0, 0.1) is 11.8 Å². The van der Waals surface area contributed by atoms with Crippen LogP contribution in [-0.4, -0.2) is 24.1 Å². The van der Waals surface area contributed by atoms with Crippen molar-refractivity contribution in [1.29, 1.82) is 0 Å². The van der Waals surface area contributed by atoms with Crippen LogP contribution >= 0.6 is 11.8 Å². The molecule has 2 fully saturated rings. The van der Waals surface area contributed by atoms with Gasteiger partial charge in [0.25, 0.3) is 0 Å². The van der Waals surface area contributed by atoms with Crippen molar-refractivity contribution in [3.8, 4) is 0 Å². The smallest absolute Gasteiger partial charge is 0.00723 e. The average Bonchev–Trinajstić information content (AvgIpc) is 2.47. The molecule has 2 aliphatic rings. The van der Waals surface area contributed by atoms with Crippen LogP contribution in [0.25, 0.3) is 0 Å². The average molecular weight is 284 g/mol. The number of hydrogen-bond acceptors (Lipinski definition) is 2. The summed E-state index contributed by atoms with van der Waals surface area (Å²) >= 11 is 2.16. The zero-order valence-corrected chi connectivity index (χ0v) is 13.6. The van der Waals surface area contributed by atoms with Crippen LogP contribution in [0.5, 0.6) is 0 Å². The Labute approximate surface area is 124 Å². The van der Waals surface area contributed by atoms with Gasteiger partial charge in [0.2, 0.25) is 0 Å². The quantitative estimate of drug-likeness (QED) is 0.716. The second-order valence-electron chi connectivity index (χ2n) is 6.68. The highest BCUT2D eigenvalue weighted by molar-refractivity contribution is 7.99. The van der Waals surface area contributed by atoms with E-state index in [1.165, 1.54) is 82.3 Å². The maximum absolute atomic E-state index is 3.86. The van der Waals surface area contributed by atoms with Crippen LogP contribution in [0.4, 0.5) is 0 Å². The van der Waals surface area contributed by atoms with Crippen LogP contribution in [0.1, 0.15) is 71.1 Å². The molecule has 0 aromatic carbocycles. The van der Waals surface area contributed by atoms with Gasteiger partial charge in [-0.05, 0) is 62.0 Å². The monoisotopic (exact) mass is 283 g/mol. The van der Waals surface area contributed by atoms with E-state index in [9.17, 15) is 0 Å². The minimum atomic E-state index is 0.816. The van der Waals surface area contributed by atoms with Crippen molar-refractivity contribution in [3.05, 3.63) is 0 Å². The lowest BCUT2D eigenvalue weighted by Crippen LogP contribution is -2.35. The summed E-state index contributed by atoms with van der Waals surface area (Å²) in [5.41, 5.74) is 0. The first-order chi connectivity index (χ1) is 9.38. The van der Waals surface area contributed by atoms with Gasteiger partial charge in [-0.15, -0.1) is 0 Å². The summed E-state index contributed by atoms with van der Waals surface area (Å²) in [6, 6.07) is 0.816. The summed E-state index contributed by atoms with van der Waals surface area (Å²) in [4.78, 5) is 0. The third kappa shape index (κ3) is 6.08. The zero-order chi connectivity index (χ0) is 13.3. The summed E-state index contributed by atoms with van der Waals surface area (Å²) in [5, 5.41) is 3.86. The Kier molecular flexibility index (Phi) is 7.67. The second kappa shape index (κ2) is 9.28. The van der Waals surface area contributed by atoms with E-state index in [4.69, 9.17) is 0 Å². The highest BCUT2D eigenvalue weighted by atomic mass is 32.2. The summed E-state index contributed by atoms with van der Waals surface area (Å²) in [6.45, 7) is 3.51. The van der Waals surface area contributed by atoms with Gasteiger partial charge in [-0.2, -0.15) is 11.8 Å². The predicted octanol–water partition coefficient (Wildman–Crippen LogP) is 4.86. The van der Waals surface area contributed by atoms with Crippen molar-refractivity contribution >= 4 is 11.8 Å². The molecule has 2 rings (SSSR count). The Morgan fingerprint density at radius 2 is 1.58 bits per heavy atom. The Bertz CT molecular complexity index is 199. The van der Waals surface area contributed by atoms with Gasteiger partial charge in [-0.25, -0.2) is 0 Å². The van der Waals surface area contributed by atoms with Crippen molar-refractivity contribution in [3.63, 3.8) is 0 Å². The molecule has 1 nitrogen and oxygen atoms in total. The van der Waals surface area contributed by atoms with Crippen molar-refractivity contribution in [2.45, 2.75) is 77.2 Å². The first kappa shape index (κ1) is 15.7. The van der Waals surface area contributed by atoms with Gasteiger partial charge in [0.1, 0.15) is 0 Å². The van der Waals surface area contributed by atoms with Gasteiger partial charge in [-0.3, -0.25) is 0 Å². The van der Waals surface area contributed by atoms with Crippen LogP contribution in [-0.2, 0) is 0 Å². The fraction of sp³-hybridized carbons (Fsp3) is 1.00. The Morgan fingerprint density at radius 1 is 0.947 bits per heavy atom. The van der Waals surface area contributed by atoms with E-state index in [0.29, 0.717) is 0 Å². The zero-order valence-electron chi connectivity index (χ0n) is 12.8. The van der Waals surface area contributed by atoms with Crippen molar-refractivity contribution in [2.75, 3.05) is 18.1 Å². The molecule has 0 aromatic heterocycles. The minimum Gasteiger partial charge on any atom is -0.314 e. The minimum absolute atomic E-state index is 0.816. The van der Waals surface area contributed by atoms with E-state index < -0.39 is 0 Å². The molecule has 1 aliphatic heterocycles. The second-order valence-corrected chi connectivity index (χ2v) is 7.91. The molecular formula is C17H33NS. The van der Waals surface area contributed by atoms with Crippen LogP contribution in [0.15, 0.2) is 0 Å². The van der Waals surface area contributed by atoms with E-state index in [1.807, 2.05) is 0 Å². The summed E-state index contributed by atoms with van der Waals surface area (Å²) in [7, 11) is 0. The number of rotatable bonds is 7. The molecule has 0 aromatic rings. The lowest BCUT2D eigenvalue weighted by Gasteiger charge is -2.31. The molecule has 112 valence electrons. The van der Waals surface area contributed by atoms with E-state index in [1.54, 1.807) is 0 Å². The molecule has 1 atom stereocenters. The summed E-state index contributed by atoms with van der Waals surface area (Å²) < 4.78 is 0. The van der Waals surface area contributed by atoms with Gasteiger partial charge in [0.15, 0.2) is 0 Å². The lowest BCUT2D eigenvalue weighted by molar-refractivity contribution is 0.266. The largest absolute Gasteiger partial charge is 0.314 e. The molecule has 0 spiro atoms. The molecule has 1 N–H and O–H groups in total. The van der Waals surface area contributed by atoms with Crippen molar-refractivity contribution < 1.29 is 0 Å². The molecule has 1 saturated carbocycles. The van der Waals surface area contributed by atoms with Gasteiger partial charge < -0.3 is 5.32 Å².